The Morgan fingerprint density at radius 3 is 2.33 bits per heavy atom. The van der Waals surface area contributed by atoms with Crippen molar-refractivity contribution in [1.82, 2.24) is 5.32 Å². The molecule has 1 rings (SSSR count). The summed E-state index contributed by atoms with van der Waals surface area (Å²) in [6.07, 6.45) is 1.54. The lowest BCUT2D eigenvalue weighted by atomic mass is 9.97. The molecule has 0 saturated heterocycles. The molecule has 0 aliphatic heterocycles. The van der Waals surface area contributed by atoms with Gasteiger partial charge >= 0.3 is 0 Å². The molecular weight excluding hydrogens is 266 g/mol. The van der Waals surface area contributed by atoms with Crippen LogP contribution in [0.15, 0.2) is 18.2 Å². The van der Waals surface area contributed by atoms with Crippen LogP contribution in [0.2, 0.25) is 0 Å². The summed E-state index contributed by atoms with van der Waals surface area (Å²) in [6, 6.07) is 5.97. The zero-order valence-electron chi connectivity index (χ0n) is 13.5. The quantitative estimate of drug-likeness (QED) is 0.775. The average molecular weight is 293 g/mol. The van der Waals surface area contributed by atoms with Crippen molar-refractivity contribution in [3.63, 3.8) is 0 Å². The lowest BCUT2D eigenvalue weighted by molar-refractivity contribution is -0.122. The van der Waals surface area contributed by atoms with Crippen molar-refractivity contribution in [3.05, 3.63) is 29.3 Å². The number of benzene rings is 1. The van der Waals surface area contributed by atoms with E-state index in [4.69, 9.17) is 4.74 Å². The van der Waals surface area contributed by atoms with Crippen LogP contribution in [0.5, 0.6) is 5.75 Å². The number of carbonyl (C=O) groups excluding carboxylic acids is 1. The van der Waals surface area contributed by atoms with Crippen LogP contribution in [0.25, 0.3) is 0 Å². The van der Waals surface area contributed by atoms with Gasteiger partial charge in [-0.25, -0.2) is 0 Å². The lowest BCUT2D eigenvalue weighted by Crippen LogP contribution is -2.42. The summed E-state index contributed by atoms with van der Waals surface area (Å²) >= 11 is 0. The monoisotopic (exact) mass is 293 g/mol. The van der Waals surface area contributed by atoms with Crippen molar-refractivity contribution >= 4 is 5.91 Å². The van der Waals surface area contributed by atoms with E-state index in [1.807, 2.05) is 45.9 Å². The Hall–Kier alpha value is -1.55. The third-order valence-corrected chi connectivity index (χ3v) is 3.92. The largest absolute Gasteiger partial charge is 0.493 e. The zero-order chi connectivity index (χ0) is 15.9. The maximum Gasteiger partial charge on any atom is 0.223 e. The van der Waals surface area contributed by atoms with Gasteiger partial charge in [0.05, 0.1) is 18.6 Å². The molecule has 0 aliphatic carbocycles. The van der Waals surface area contributed by atoms with Gasteiger partial charge in [-0.15, -0.1) is 0 Å². The fourth-order valence-electron chi connectivity index (χ4n) is 2.12. The highest BCUT2D eigenvalue weighted by molar-refractivity contribution is 5.76. The van der Waals surface area contributed by atoms with Crippen molar-refractivity contribution in [2.24, 2.45) is 0 Å². The number of para-hydroxylation sites is 1. The SMILES string of the molecule is CCC(O)(CC)CNC(=O)CCOc1c(C)cccc1C. The predicted molar refractivity (Wildman–Crippen MR) is 84.6 cm³/mol. The van der Waals surface area contributed by atoms with Gasteiger partial charge in [0, 0.05) is 6.54 Å². The summed E-state index contributed by atoms with van der Waals surface area (Å²) in [7, 11) is 0. The molecule has 0 aliphatic rings. The highest BCUT2D eigenvalue weighted by Crippen LogP contribution is 2.22. The van der Waals surface area contributed by atoms with Gasteiger partial charge in [-0.05, 0) is 37.8 Å². The first-order chi connectivity index (χ1) is 9.91. The summed E-state index contributed by atoms with van der Waals surface area (Å²) in [6.45, 7) is 8.45. The molecule has 1 amide bonds. The minimum atomic E-state index is -0.802. The molecule has 1 aromatic rings. The van der Waals surface area contributed by atoms with E-state index < -0.39 is 5.60 Å². The van der Waals surface area contributed by atoms with E-state index in [0.29, 0.717) is 26.0 Å². The number of nitrogens with one attached hydrogen (secondary N) is 1. The van der Waals surface area contributed by atoms with Gasteiger partial charge in [0.15, 0.2) is 0 Å². The van der Waals surface area contributed by atoms with Crippen LogP contribution >= 0.6 is 0 Å². The van der Waals surface area contributed by atoms with E-state index in [2.05, 4.69) is 5.32 Å². The van der Waals surface area contributed by atoms with Crippen molar-refractivity contribution < 1.29 is 14.6 Å². The Balaban J connectivity index is 2.37. The summed E-state index contributed by atoms with van der Waals surface area (Å²) in [5.41, 5.74) is 1.34. The molecule has 21 heavy (non-hydrogen) atoms. The Kier molecular flexibility index (Phi) is 6.69. The lowest BCUT2D eigenvalue weighted by Gasteiger charge is -2.25. The maximum absolute atomic E-state index is 11.8. The number of aryl methyl sites for hydroxylation is 2. The van der Waals surface area contributed by atoms with Gasteiger partial charge in [0.2, 0.25) is 5.91 Å². The average Bonchev–Trinajstić information content (AvgIpc) is 2.48. The van der Waals surface area contributed by atoms with E-state index in [9.17, 15) is 9.90 Å². The molecule has 0 aromatic heterocycles. The summed E-state index contributed by atoms with van der Waals surface area (Å²) in [5.74, 6) is 0.755. The van der Waals surface area contributed by atoms with Crippen LogP contribution in [0.3, 0.4) is 0 Å². The third kappa shape index (κ3) is 5.38. The van der Waals surface area contributed by atoms with E-state index in [-0.39, 0.29) is 12.3 Å². The second-order valence-corrected chi connectivity index (χ2v) is 5.53. The van der Waals surface area contributed by atoms with Gasteiger partial charge in [0.1, 0.15) is 5.75 Å². The zero-order valence-corrected chi connectivity index (χ0v) is 13.5. The predicted octanol–water partition coefficient (Wildman–Crippen LogP) is 2.74. The van der Waals surface area contributed by atoms with Crippen molar-refractivity contribution in [1.29, 1.82) is 0 Å². The molecule has 2 N–H and O–H groups in total. The van der Waals surface area contributed by atoms with Crippen LogP contribution in [0.1, 0.15) is 44.2 Å². The molecule has 0 spiro atoms. The highest BCUT2D eigenvalue weighted by Gasteiger charge is 2.22. The Bertz CT molecular complexity index is 447. The third-order valence-electron chi connectivity index (χ3n) is 3.92. The molecule has 0 heterocycles. The molecule has 118 valence electrons. The Morgan fingerprint density at radius 2 is 1.81 bits per heavy atom. The van der Waals surface area contributed by atoms with Crippen LogP contribution in [-0.4, -0.2) is 29.8 Å². The summed E-state index contributed by atoms with van der Waals surface area (Å²) in [5, 5.41) is 12.9. The molecule has 0 radical (unpaired) electrons. The topological polar surface area (TPSA) is 58.6 Å². The van der Waals surface area contributed by atoms with Crippen LogP contribution in [0, 0.1) is 13.8 Å². The Labute approximate surface area is 127 Å². The van der Waals surface area contributed by atoms with Crippen molar-refractivity contribution in [2.75, 3.05) is 13.2 Å². The molecule has 0 bridgehead atoms. The van der Waals surface area contributed by atoms with E-state index >= 15 is 0 Å². The highest BCUT2D eigenvalue weighted by atomic mass is 16.5. The van der Waals surface area contributed by atoms with Gasteiger partial charge in [-0.2, -0.15) is 0 Å². The molecule has 0 atom stereocenters. The molecule has 0 saturated carbocycles. The van der Waals surface area contributed by atoms with Crippen molar-refractivity contribution in [2.45, 2.75) is 52.6 Å². The minimum Gasteiger partial charge on any atom is -0.493 e. The molecule has 0 fully saturated rings. The first kappa shape index (κ1) is 17.5. The summed E-state index contributed by atoms with van der Waals surface area (Å²) < 4.78 is 5.70. The number of amides is 1. The van der Waals surface area contributed by atoms with Crippen LogP contribution in [0.4, 0.5) is 0 Å². The molecule has 0 unspecified atom stereocenters. The van der Waals surface area contributed by atoms with Gasteiger partial charge in [-0.1, -0.05) is 32.0 Å². The number of hydrogen-bond donors (Lipinski definition) is 2. The number of hydrogen-bond acceptors (Lipinski definition) is 3. The first-order valence-electron chi connectivity index (χ1n) is 7.60. The molecule has 4 heteroatoms. The maximum atomic E-state index is 11.8. The van der Waals surface area contributed by atoms with Gasteiger partial charge in [0.25, 0.3) is 0 Å². The normalized spacial score (nSPS) is 11.3. The summed E-state index contributed by atoms with van der Waals surface area (Å²) in [4.78, 5) is 11.8. The van der Waals surface area contributed by atoms with Crippen LogP contribution < -0.4 is 10.1 Å². The fourth-order valence-corrected chi connectivity index (χ4v) is 2.12. The standard InChI is InChI=1S/C17H27NO3/c1-5-17(20,6-2)12-18-15(19)10-11-21-16-13(3)8-7-9-14(16)4/h7-9,20H,5-6,10-12H2,1-4H3,(H,18,19). The van der Waals surface area contributed by atoms with Gasteiger partial charge < -0.3 is 15.2 Å². The Morgan fingerprint density at radius 1 is 1.24 bits per heavy atom. The second kappa shape index (κ2) is 8.03. The van der Waals surface area contributed by atoms with Crippen molar-refractivity contribution in [3.8, 4) is 5.75 Å². The van der Waals surface area contributed by atoms with Crippen LogP contribution in [-0.2, 0) is 4.79 Å². The number of aliphatic hydroxyl groups is 1. The van der Waals surface area contributed by atoms with E-state index in [1.165, 1.54) is 0 Å². The fraction of sp³-hybridized carbons (Fsp3) is 0.588. The van der Waals surface area contributed by atoms with Gasteiger partial charge in [-0.3, -0.25) is 4.79 Å². The minimum absolute atomic E-state index is 0.0958. The molecule has 1 aromatic carbocycles. The van der Waals surface area contributed by atoms with E-state index in [0.717, 1.165) is 16.9 Å². The molecule has 4 nitrogen and oxygen atoms in total. The number of carbonyl (C=O) groups is 1. The first-order valence-corrected chi connectivity index (χ1v) is 7.60. The number of rotatable bonds is 8. The second-order valence-electron chi connectivity index (χ2n) is 5.53. The number of ether oxygens (including phenoxy) is 1. The molecular formula is C17H27NO3. The van der Waals surface area contributed by atoms with E-state index in [1.54, 1.807) is 0 Å². The smallest absolute Gasteiger partial charge is 0.223 e.